The second kappa shape index (κ2) is 7.67. The Morgan fingerprint density at radius 2 is 1.87 bits per heavy atom. The zero-order valence-electron chi connectivity index (χ0n) is 17.7. The van der Waals surface area contributed by atoms with Crippen molar-refractivity contribution in [2.45, 2.75) is 33.7 Å². The first-order chi connectivity index (χ1) is 14.8. The standard InChI is InChI=1S/C22H23N7O2/c1-11(2)29-21-16(10-24-29)15(9-17(25-21)14-7-5-12(3)6-8-14)22(31)26-18-13(4)27-28-19(18)20(23)30/h5-11H,1-4H3,(H2,23,30)(H,26,31)(H,27,28). The molecule has 0 atom stereocenters. The number of nitrogens with two attached hydrogens (primary N) is 1. The van der Waals surface area contributed by atoms with Crippen molar-refractivity contribution >= 4 is 28.5 Å². The summed E-state index contributed by atoms with van der Waals surface area (Å²) in [4.78, 5) is 29.8. The highest BCUT2D eigenvalue weighted by atomic mass is 16.2. The smallest absolute Gasteiger partial charge is 0.271 e. The second-order valence-corrected chi connectivity index (χ2v) is 7.73. The van der Waals surface area contributed by atoms with E-state index in [2.05, 4.69) is 20.6 Å². The summed E-state index contributed by atoms with van der Waals surface area (Å²) in [5.41, 5.74) is 9.82. The summed E-state index contributed by atoms with van der Waals surface area (Å²) in [5, 5.41) is 14.4. The maximum absolute atomic E-state index is 13.3. The number of hydrogen-bond donors (Lipinski definition) is 3. The number of aromatic nitrogens is 5. The number of carbonyl (C=O) groups is 2. The Hall–Kier alpha value is -4.01. The Morgan fingerprint density at radius 3 is 2.52 bits per heavy atom. The number of anilines is 1. The molecule has 3 aromatic heterocycles. The molecule has 158 valence electrons. The van der Waals surface area contributed by atoms with Crippen molar-refractivity contribution in [3.63, 3.8) is 0 Å². The summed E-state index contributed by atoms with van der Waals surface area (Å²) in [6.07, 6.45) is 1.63. The van der Waals surface area contributed by atoms with Crippen LogP contribution in [0.15, 0.2) is 36.5 Å². The highest BCUT2D eigenvalue weighted by molar-refractivity contribution is 6.14. The van der Waals surface area contributed by atoms with Crippen molar-refractivity contribution in [3.05, 3.63) is 59.0 Å². The third-order valence-corrected chi connectivity index (χ3v) is 5.07. The molecule has 0 spiro atoms. The van der Waals surface area contributed by atoms with Gasteiger partial charge in [0.2, 0.25) is 0 Å². The quantitative estimate of drug-likeness (QED) is 0.458. The van der Waals surface area contributed by atoms with Crippen molar-refractivity contribution < 1.29 is 9.59 Å². The number of pyridine rings is 1. The van der Waals surface area contributed by atoms with Crippen molar-refractivity contribution in [1.29, 1.82) is 0 Å². The Balaban J connectivity index is 1.86. The summed E-state index contributed by atoms with van der Waals surface area (Å²) in [7, 11) is 0. The molecule has 0 fully saturated rings. The van der Waals surface area contributed by atoms with E-state index in [-0.39, 0.29) is 17.4 Å². The number of fused-ring (bicyclic) bond motifs is 1. The molecule has 3 heterocycles. The largest absolute Gasteiger partial charge is 0.364 e. The first-order valence-electron chi connectivity index (χ1n) is 9.87. The fourth-order valence-electron chi connectivity index (χ4n) is 3.40. The van der Waals surface area contributed by atoms with Gasteiger partial charge in [0.1, 0.15) is 0 Å². The molecule has 31 heavy (non-hydrogen) atoms. The number of nitrogens with zero attached hydrogens (tertiary/aromatic N) is 4. The van der Waals surface area contributed by atoms with Crippen molar-refractivity contribution in [2.75, 3.05) is 5.32 Å². The van der Waals surface area contributed by atoms with E-state index in [1.54, 1.807) is 23.9 Å². The number of nitrogens with one attached hydrogen (secondary N) is 2. The Kier molecular flexibility index (Phi) is 5.02. The lowest BCUT2D eigenvalue weighted by Crippen LogP contribution is -2.18. The van der Waals surface area contributed by atoms with Crippen LogP contribution in [0.25, 0.3) is 22.3 Å². The first kappa shape index (κ1) is 20.3. The van der Waals surface area contributed by atoms with E-state index in [1.165, 1.54) is 0 Å². The van der Waals surface area contributed by atoms with E-state index < -0.39 is 11.8 Å². The van der Waals surface area contributed by atoms with E-state index in [0.29, 0.717) is 28.0 Å². The van der Waals surface area contributed by atoms with Crippen LogP contribution in [0.2, 0.25) is 0 Å². The fraction of sp³-hybridized carbons (Fsp3) is 0.227. The average molecular weight is 417 g/mol. The van der Waals surface area contributed by atoms with Crippen LogP contribution in [0, 0.1) is 13.8 Å². The van der Waals surface area contributed by atoms with Gasteiger partial charge in [0.15, 0.2) is 11.3 Å². The number of aromatic amines is 1. The third kappa shape index (κ3) is 3.65. The molecule has 1 aromatic carbocycles. The van der Waals surface area contributed by atoms with Crippen LogP contribution >= 0.6 is 0 Å². The highest BCUT2D eigenvalue weighted by Crippen LogP contribution is 2.28. The van der Waals surface area contributed by atoms with Gasteiger partial charge in [-0.2, -0.15) is 10.2 Å². The van der Waals surface area contributed by atoms with Crippen LogP contribution in [-0.4, -0.2) is 36.8 Å². The molecule has 0 unspecified atom stereocenters. The lowest BCUT2D eigenvalue weighted by molar-refractivity contribution is 0.0996. The van der Waals surface area contributed by atoms with E-state index in [4.69, 9.17) is 10.7 Å². The van der Waals surface area contributed by atoms with Gasteiger partial charge in [-0.05, 0) is 33.8 Å². The summed E-state index contributed by atoms with van der Waals surface area (Å²) >= 11 is 0. The lowest BCUT2D eigenvalue weighted by atomic mass is 10.0. The third-order valence-electron chi connectivity index (χ3n) is 5.07. The summed E-state index contributed by atoms with van der Waals surface area (Å²) in [5.74, 6) is -1.14. The Labute approximate surface area is 178 Å². The minimum Gasteiger partial charge on any atom is -0.364 e. The topological polar surface area (TPSA) is 132 Å². The molecule has 0 bridgehead atoms. The van der Waals surface area contributed by atoms with Gasteiger partial charge in [-0.25, -0.2) is 9.67 Å². The van der Waals surface area contributed by atoms with Crippen molar-refractivity contribution in [3.8, 4) is 11.3 Å². The maximum Gasteiger partial charge on any atom is 0.271 e. The van der Waals surface area contributed by atoms with Gasteiger partial charge in [-0.15, -0.1) is 0 Å². The molecule has 0 saturated heterocycles. The van der Waals surface area contributed by atoms with Gasteiger partial charge in [-0.1, -0.05) is 29.8 Å². The van der Waals surface area contributed by atoms with Crippen LogP contribution in [0.1, 0.15) is 52.0 Å². The van der Waals surface area contributed by atoms with Gasteiger partial charge in [0.05, 0.1) is 34.2 Å². The average Bonchev–Trinajstić information content (AvgIpc) is 3.31. The zero-order chi connectivity index (χ0) is 22.3. The van der Waals surface area contributed by atoms with Crippen LogP contribution in [0.3, 0.4) is 0 Å². The van der Waals surface area contributed by atoms with Crippen LogP contribution < -0.4 is 11.1 Å². The summed E-state index contributed by atoms with van der Waals surface area (Å²) in [6, 6.07) is 9.71. The van der Waals surface area contributed by atoms with E-state index in [9.17, 15) is 9.59 Å². The van der Waals surface area contributed by atoms with E-state index in [0.717, 1.165) is 11.1 Å². The van der Waals surface area contributed by atoms with Gasteiger partial charge >= 0.3 is 0 Å². The minimum absolute atomic E-state index is 0.0206. The predicted octanol–water partition coefficient (Wildman–Crippen LogP) is 3.37. The molecule has 9 nitrogen and oxygen atoms in total. The SMILES string of the molecule is Cc1ccc(-c2cc(C(=O)Nc3c(C(N)=O)n[nH]c3C)c3cnn(C(C)C)c3n2)cc1. The second-order valence-electron chi connectivity index (χ2n) is 7.73. The van der Waals surface area contributed by atoms with Crippen LogP contribution in [-0.2, 0) is 0 Å². The molecule has 2 amide bonds. The molecule has 0 radical (unpaired) electrons. The van der Waals surface area contributed by atoms with Gasteiger partial charge < -0.3 is 11.1 Å². The fourth-order valence-corrected chi connectivity index (χ4v) is 3.40. The molecule has 0 saturated carbocycles. The molecule has 0 aliphatic rings. The van der Waals surface area contributed by atoms with Gasteiger partial charge in [-0.3, -0.25) is 14.7 Å². The molecule has 4 rings (SSSR count). The van der Waals surface area contributed by atoms with Crippen LogP contribution in [0.5, 0.6) is 0 Å². The monoisotopic (exact) mass is 417 g/mol. The maximum atomic E-state index is 13.3. The molecular weight excluding hydrogens is 394 g/mol. The van der Waals surface area contributed by atoms with Crippen molar-refractivity contribution in [2.24, 2.45) is 5.73 Å². The zero-order valence-corrected chi connectivity index (χ0v) is 17.7. The number of hydrogen-bond acceptors (Lipinski definition) is 5. The summed E-state index contributed by atoms with van der Waals surface area (Å²) < 4.78 is 1.78. The highest BCUT2D eigenvalue weighted by Gasteiger charge is 2.22. The lowest BCUT2D eigenvalue weighted by Gasteiger charge is -2.11. The van der Waals surface area contributed by atoms with Crippen LogP contribution in [0.4, 0.5) is 5.69 Å². The van der Waals surface area contributed by atoms with Gasteiger partial charge in [0.25, 0.3) is 11.8 Å². The minimum atomic E-state index is -0.729. The molecule has 0 aliphatic carbocycles. The molecule has 9 heteroatoms. The number of primary amides is 1. The van der Waals surface area contributed by atoms with Crippen molar-refractivity contribution in [1.82, 2.24) is 25.0 Å². The molecule has 0 aliphatic heterocycles. The Bertz CT molecular complexity index is 1300. The van der Waals surface area contributed by atoms with Gasteiger partial charge in [0, 0.05) is 11.6 Å². The number of H-pyrrole nitrogens is 1. The normalized spacial score (nSPS) is 11.3. The molecule has 4 aromatic rings. The predicted molar refractivity (Wildman–Crippen MR) is 118 cm³/mol. The number of amides is 2. The Morgan fingerprint density at radius 1 is 1.16 bits per heavy atom. The molecule has 4 N–H and O–H groups in total. The number of aryl methyl sites for hydroxylation is 2. The van der Waals surface area contributed by atoms with E-state index >= 15 is 0 Å². The number of benzene rings is 1. The number of carbonyl (C=O) groups excluding carboxylic acids is 2. The molecular formula is C22H23N7O2. The summed E-state index contributed by atoms with van der Waals surface area (Å²) in [6.45, 7) is 7.71. The van der Waals surface area contributed by atoms with E-state index in [1.807, 2.05) is 45.0 Å². The first-order valence-corrected chi connectivity index (χ1v) is 9.87. The number of rotatable bonds is 5.